The van der Waals surface area contributed by atoms with Crippen molar-refractivity contribution in [3.8, 4) is 0 Å². The third-order valence-electron chi connectivity index (χ3n) is 2.84. The molecule has 0 atom stereocenters. The first kappa shape index (κ1) is 9.01. The molecule has 0 amide bonds. The molecule has 0 unspecified atom stereocenters. The number of hydrogen-bond donors (Lipinski definition) is 1. The van der Waals surface area contributed by atoms with Gasteiger partial charge in [-0.15, -0.1) is 0 Å². The van der Waals surface area contributed by atoms with Gasteiger partial charge in [-0.25, -0.2) is 0 Å². The van der Waals surface area contributed by atoms with Crippen molar-refractivity contribution in [3.63, 3.8) is 0 Å². The minimum atomic E-state index is 0.784. The highest BCUT2D eigenvalue weighted by atomic mass is 15.1. The van der Waals surface area contributed by atoms with Crippen LogP contribution in [-0.2, 0) is 0 Å². The van der Waals surface area contributed by atoms with E-state index in [1.165, 1.54) is 25.7 Å². The molecule has 1 saturated carbocycles. The van der Waals surface area contributed by atoms with E-state index in [0.717, 1.165) is 12.1 Å². The largest absolute Gasteiger partial charge is 0.317 e. The third-order valence-corrected chi connectivity index (χ3v) is 2.84. The molecule has 2 heteroatoms. The summed E-state index contributed by atoms with van der Waals surface area (Å²) in [6.45, 7) is 0. The zero-order valence-electron chi connectivity index (χ0n) is 7.93. The fraction of sp³-hybridized carbons (Fsp3) is 1.00. The zero-order chi connectivity index (χ0) is 8.27. The van der Waals surface area contributed by atoms with Crippen molar-refractivity contribution in [2.75, 3.05) is 21.1 Å². The summed E-state index contributed by atoms with van der Waals surface area (Å²) in [6, 6.07) is 1.62. The lowest BCUT2D eigenvalue weighted by Crippen LogP contribution is -2.37. The molecular formula is C9H20N2. The first-order valence-corrected chi connectivity index (χ1v) is 4.57. The molecule has 0 aromatic carbocycles. The first-order valence-electron chi connectivity index (χ1n) is 4.57. The van der Waals surface area contributed by atoms with Crippen molar-refractivity contribution < 1.29 is 0 Å². The fourth-order valence-corrected chi connectivity index (χ4v) is 1.88. The highest BCUT2D eigenvalue weighted by molar-refractivity contribution is 4.79. The SMILES string of the molecule is CN[C@H]1CC[C@@H](N(C)C)CC1. The Kier molecular flexibility index (Phi) is 3.34. The lowest BCUT2D eigenvalue weighted by molar-refractivity contribution is 0.208. The molecule has 0 aromatic rings. The van der Waals surface area contributed by atoms with E-state index < -0.39 is 0 Å². The summed E-state index contributed by atoms with van der Waals surface area (Å²) in [5.74, 6) is 0. The van der Waals surface area contributed by atoms with Crippen LogP contribution in [0.25, 0.3) is 0 Å². The van der Waals surface area contributed by atoms with E-state index in [-0.39, 0.29) is 0 Å². The van der Waals surface area contributed by atoms with Crippen LogP contribution in [0.2, 0.25) is 0 Å². The Morgan fingerprint density at radius 3 is 2.00 bits per heavy atom. The summed E-state index contributed by atoms with van der Waals surface area (Å²) < 4.78 is 0. The standard InChI is InChI=1S/C9H20N2/c1-10-8-4-6-9(7-5-8)11(2)3/h8-10H,4-7H2,1-3H3/t8-,9+. The van der Waals surface area contributed by atoms with Crippen LogP contribution >= 0.6 is 0 Å². The first-order chi connectivity index (χ1) is 5.24. The van der Waals surface area contributed by atoms with Gasteiger partial charge < -0.3 is 10.2 Å². The summed E-state index contributed by atoms with van der Waals surface area (Å²) in [7, 11) is 6.44. The zero-order valence-corrected chi connectivity index (χ0v) is 7.93. The number of rotatable bonds is 2. The van der Waals surface area contributed by atoms with E-state index in [1.54, 1.807) is 0 Å². The topological polar surface area (TPSA) is 15.3 Å². The van der Waals surface area contributed by atoms with Crippen LogP contribution in [0.3, 0.4) is 0 Å². The molecule has 11 heavy (non-hydrogen) atoms. The maximum Gasteiger partial charge on any atom is 0.00903 e. The van der Waals surface area contributed by atoms with Crippen LogP contribution in [-0.4, -0.2) is 38.1 Å². The molecule has 0 saturated heterocycles. The van der Waals surface area contributed by atoms with Gasteiger partial charge >= 0.3 is 0 Å². The monoisotopic (exact) mass is 156 g/mol. The summed E-state index contributed by atoms with van der Waals surface area (Å²) in [5.41, 5.74) is 0. The highest BCUT2D eigenvalue weighted by Crippen LogP contribution is 2.20. The molecule has 2 nitrogen and oxygen atoms in total. The van der Waals surface area contributed by atoms with E-state index in [0.29, 0.717) is 0 Å². The minimum Gasteiger partial charge on any atom is -0.317 e. The summed E-state index contributed by atoms with van der Waals surface area (Å²) in [6.07, 6.45) is 5.41. The van der Waals surface area contributed by atoms with Crippen molar-refractivity contribution in [1.29, 1.82) is 0 Å². The van der Waals surface area contributed by atoms with Gasteiger partial charge in [0.1, 0.15) is 0 Å². The summed E-state index contributed by atoms with van der Waals surface area (Å²) in [4.78, 5) is 2.35. The Balaban J connectivity index is 2.24. The van der Waals surface area contributed by atoms with Gasteiger partial charge in [-0.3, -0.25) is 0 Å². The molecule has 0 aromatic heterocycles. The highest BCUT2D eigenvalue weighted by Gasteiger charge is 2.20. The predicted octanol–water partition coefficient (Wildman–Crippen LogP) is 1.08. The molecule has 66 valence electrons. The van der Waals surface area contributed by atoms with Gasteiger partial charge in [-0.05, 0) is 46.8 Å². The fourth-order valence-electron chi connectivity index (χ4n) is 1.88. The van der Waals surface area contributed by atoms with Gasteiger partial charge in [0.05, 0.1) is 0 Å². The molecule has 0 heterocycles. The average molecular weight is 156 g/mol. The van der Waals surface area contributed by atoms with Crippen molar-refractivity contribution in [2.45, 2.75) is 37.8 Å². The lowest BCUT2D eigenvalue weighted by Gasteiger charge is -2.32. The Morgan fingerprint density at radius 2 is 1.64 bits per heavy atom. The molecule has 0 aliphatic heterocycles. The van der Waals surface area contributed by atoms with Crippen molar-refractivity contribution in [2.24, 2.45) is 0 Å². The molecule has 1 fully saturated rings. The third kappa shape index (κ3) is 2.46. The molecule has 0 spiro atoms. The summed E-state index contributed by atoms with van der Waals surface area (Å²) in [5, 5.41) is 3.34. The second kappa shape index (κ2) is 4.07. The van der Waals surface area contributed by atoms with Crippen LogP contribution in [0.1, 0.15) is 25.7 Å². The van der Waals surface area contributed by atoms with Crippen LogP contribution in [0, 0.1) is 0 Å². The maximum absolute atomic E-state index is 3.34. The maximum atomic E-state index is 3.34. The van der Waals surface area contributed by atoms with E-state index in [1.807, 2.05) is 0 Å². The van der Waals surface area contributed by atoms with Crippen LogP contribution < -0.4 is 5.32 Å². The van der Waals surface area contributed by atoms with E-state index in [9.17, 15) is 0 Å². The van der Waals surface area contributed by atoms with Gasteiger partial charge in [0, 0.05) is 12.1 Å². The van der Waals surface area contributed by atoms with E-state index in [2.05, 4.69) is 31.4 Å². The van der Waals surface area contributed by atoms with Crippen LogP contribution in [0.5, 0.6) is 0 Å². The smallest absolute Gasteiger partial charge is 0.00903 e. The Morgan fingerprint density at radius 1 is 1.09 bits per heavy atom. The second-order valence-electron chi connectivity index (χ2n) is 3.76. The normalized spacial score (nSPS) is 32.7. The van der Waals surface area contributed by atoms with E-state index in [4.69, 9.17) is 0 Å². The number of nitrogens with zero attached hydrogens (tertiary/aromatic N) is 1. The summed E-state index contributed by atoms with van der Waals surface area (Å²) >= 11 is 0. The van der Waals surface area contributed by atoms with Crippen molar-refractivity contribution in [3.05, 3.63) is 0 Å². The predicted molar refractivity (Wildman–Crippen MR) is 48.8 cm³/mol. The molecule has 1 aliphatic rings. The Labute approximate surface area is 70.0 Å². The molecule has 1 rings (SSSR count). The van der Waals surface area contributed by atoms with Gasteiger partial charge in [0.15, 0.2) is 0 Å². The van der Waals surface area contributed by atoms with E-state index >= 15 is 0 Å². The van der Waals surface area contributed by atoms with Crippen LogP contribution in [0.15, 0.2) is 0 Å². The van der Waals surface area contributed by atoms with Gasteiger partial charge in [-0.1, -0.05) is 0 Å². The second-order valence-corrected chi connectivity index (χ2v) is 3.76. The molecule has 1 aliphatic carbocycles. The number of hydrogen-bond acceptors (Lipinski definition) is 2. The van der Waals surface area contributed by atoms with Crippen molar-refractivity contribution >= 4 is 0 Å². The quantitative estimate of drug-likeness (QED) is 0.643. The Bertz CT molecular complexity index is 104. The molecule has 0 radical (unpaired) electrons. The van der Waals surface area contributed by atoms with Gasteiger partial charge in [0.25, 0.3) is 0 Å². The molecule has 1 N–H and O–H groups in total. The average Bonchev–Trinajstić information content (AvgIpc) is 2.05. The van der Waals surface area contributed by atoms with Crippen molar-refractivity contribution in [1.82, 2.24) is 10.2 Å². The Hall–Kier alpha value is -0.0800. The van der Waals surface area contributed by atoms with Crippen LogP contribution in [0.4, 0.5) is 0 Å². The number of nitrogens with one attached hydrogen (secondary N) is 1. The van der Waals surface area contributed by atoms with Gasteiger partial charge in [0.2, 0.25) is 0 Å². The van der Waals surface area contributed by atoms with Gasteiger partial charge in [-0.2, -0.15) is 0 Å². The lowest BCUT2D eigenvalue weighted by atomic mass is 9.91. The molecular weight excluding hydrogens is 136 g/mol. The molecule has 0 bridgehead atoms. The minimum absolute atomic E-state index is 0.784.